The van der Waals surface area contributed by atoms with Crippen LogP contribution in [-0.4, -0.2) is 22.8 Å². The lowest BCUT2D eigenvalue weighted by Crippen LogP contribution is -2.14. The van der Waals surface area contributed by atoms with E-state index in [0.717, 1.165) is 18.0 Å². The summed E-state index contributed by atoms with van der Waals surface area (Å²) >= 11 is 0.920. The van der Waals surface area contributed by atoms with Crippen LogP contribution in [0.2, 0.25) is 0 Å². The maximum Gasteiger partial charge on any atom is 0.274 e. The van der Waals surface area contributed by atoms with E-state index in [0.29, 0.717) is 12.1 Å². The van der Waals surface area contributed by atoms with Gasteiger partial charge in [0.1, 0.15) is 0 Å². The largest absolute Gasteiger partial charge is 0.274 e. The fourth-order valence-electron chi connectivity index (χ4n) is 1.39. The Hall–Kier alpha value is -1.54. The molecular weight excluding hydrogens is 272 g/mol. The molecule has 8 heteroatoms. The van der Waals surface area contributed by atoms with Gasteiger partial charge in [0.15, 0.2) is 10.0 Å². The van der Waals surface area contributed by atoms with Gasteiger partial charge in [0, 0.05) is 18.6 Å². The van der Waals surface area contributed by atoms with Crippen molar-refractivity contribution < 1.29 is 8.42 Å². The average Bonchev–Trinajstić information content (AvgIpc) is 2.86. The third-order valence-corrected chi connectivity index (χ3v) is 4.72. The van der Waals surface area contributed by atoms with E-state index in [1.807, 2.05) is 6.92 Å². The first kappa shape index (κ1) is 12.9. The Kier molecular flexibility index (Phi) is 3.87. The van der Waals surface area contributed by atoms with Gasteiger partial charge in [-0.1, -0.05) is 13.3 Å². The quantitative estimate of drug-likeness (QED) is 0.903. The lowest BCUT2D eigenvalue weighted by Gasteiger charge is -2.08. The molecule has 0 fully saturated rings. The SMILES string of the molecule is CCCc1nccnc1NS(=O)(=O)c1ccns1. The van der Waals surface area contributed by atoms with Crippen LogP contribution in [0.25, 0.3) is 0 Å². The highest BCUT2D eigenvalue weighted by Crippen LogP contribution is 2.19. The van der Waals surface area contributed by atoms with Gasteiger partial charge in [-0.25, -0.2) is 13.4 Å². The Labute approximate surface area is 109 Å². The highest BCUT2D eigenvalue weighted by Gasteiger charge is 2.18. The second-order valence-electron chi connectivity index (χ2n) is 3.54. The van der Waals surface area contributed by atoms with E-state index in [9.17, 15) is 8.42 Å². The van der Waals surface area contributed by atoms with E-state index in [2.05, 4.69) is 19.1 Å². The lowest BCUT2D eigenvalue weighted by atomic mass is 10.2. The number of hydrogen-bond acceptors (Lipinski definition) is 6. The molecule has 0 unspecified atom stereocenters. The van der Waals surface area contributed by atoms with E-state index >= 15 is 0 Å². The molecule has 0 atom stereocenters. The maximum atomic E-state index is 12.0. The van der Waals surface area contributed by atoms with Crippen LogP contribution in [0, 0.1) is 0 Å². The Morgan fingerprint density at radius 1 is 1.28 bits per heavy atom. The summed E-state index contributed by atoms with van der Waals surface area (Å²) in [6.45, 7) is 2.00. The zero-order valence-corrected chi connectivity index (χ0v) is 11.3. The number of hydrogen-bond donors (Lipinski definition) is 1. The fraction of sp³-hybridized carbons (Fsp3) is 0.300. The predicted molar refractivity (Wildman–Crippen MR) is 68.9 cm³/mol. The monoisotopic (exact) mass is 284 g/mol. The standard InChI is InChI=1S/C10H12N4O2S2/c1-2-3-8-10(12-7-6-11-8)14-18(15,16)9-4-5-13-17-9/h4-7H,2-3H2,1H3,(H,12,14). The van der Waals surface area contributed by atoms with Crippen LogP contribution >= 0.6 is 11.5 Å². The van der Waals surface area contributed by atoms with Gasteiger partial charge in [-0.05, 0) is 24.0 Å². The van der Waals surface area contributed by atoms with Gasteiger partial charge >= 0.3 is 0 Å². The molecule has 0 spiro atoms. The van der Waals surface area contributed by atoms with Gasteiger partial charge in [-0.15, -0.1) is 0 Å². The minimum Gasteiger partial charge on any atom is -0.261 e. The van der Waals surface area contributed by atoms with Crippen LogP contribution in [0.1, 0.15) is 19.0 Å². The van der Waals surface area contributed by atoms with Gasteiger partial charge in [-0.3, -0.25) is 9.71 Å². The second-order valence-corrected chi connectivity index (χ2v) is 6.28. The second kappa shape index (κ2) is 5.40. The van der Waals surface area contributed by atoms with Crippen molar-refractivity contribution in [1.29, 1.82) is 0 Å². The number of sulfonamides is 1. The van der Waals surface area contributed by atoms with E-state index in [1.165, 1.54) is 18.5 Å². The van der Waals surface area contributed by atoms with E-state index in [4.69, 9.17) is 0 Å². The molecule has 0 bridgehead atoms. The molecule has 0 aliphatic carbocycles. The molecule has 1 N–H and O–H groups in total. The van der Waals surface area contributed by atoms with Crippen molar-refractivity contribution >= 4 is 27.4 Å². The number of nitrogens with zero attached hydrogens (tertiary/aromatic N) is 3. The lowest BCUT2D eigenvalue weighted by molar-refractivity contribution is 0.602. The van der Waals surface area contributed by atoms with Crippen molar-refractivity contribution in [2.45, 2.75) is 24.0 Å². The van der Waals surface area contributed by atoms with Crippen LogP contribution in [0.4, 0.5) is 5.82 Å². The van der Waals surface area contributed by atoms with Gasteiger partial charge in [0.25, 0.3) is 10.0 Å². The molecule has 0 saturated heterocycles. The molecule has 6 nitrogen and oxygen atoms in total. The zero-order valence-electron chi connectivity index (χ0n) is 9.70. The van der Waals surface area contributed by atoms with Crippen LogP contribution in [0.3, 0.4) is 0 Å². The van der Waals surface area contributed by atoms with Crippen molar-refractivity contribution in [2.75, 3.05) is 4.72 Å². The summed E-state index contributed by atoms with van der Waals surface area (Å²) in [5.74, 6) is 0.285. The number of nitrogens with one attached hydrogen (secondary N) is 1. The molecule has 2 rings (SSSR count). The molecule has 0 amide bonds. The summed E-state index contributed by atoms with van der Waals surface area (Å²) < 4.78 is 30.4. The summed E-state index contributed by atoms with van der Waals surface area (Å²) in [5.41, 5.74) is 0.646. The molecule has 96 valence electrons. The summed E-state index contributed by atoms with van der Waals surface area (Å²) in [5, 5.41) is 0. The summed E-state index contributed by atoms with van der Waals surface area (Å²) in [6.07, 6.45) is 6.00. The van der Waals surface area contributed by atoms with Crippen molar-refractivity contribution in [2.24, 2.45) is 0 Å². The predicted octanol–water partition coefficient (Wildman–Crippen LogP) is 1.69. The Morgan fingerprint density at radius 3 is 2.72 bits per heavy atom. The fourth-order valence-corrected chi connectivity index (χ4v) is 3.15. The number of anilines is 1. The molecule has 18 heavy (non-hydrogen) atoms. The van der Waals surface area contributed by atoms with Crippen LogP contribution < -0.4 is 4.72 Å². The van der Waals surface area contributed by atoms with Crippen molar-refractivity contribution in [3.63, 3.8) is 0 Å². The molecule has 0 aliphatic rings. The average molecular weight is 284 g/mol. The third kappa shape index (κ3) is 2.82. The minimum absolute atomic E-state index is 0.163. The first-order valence-corrected chi connectivity index (χ1v) is 7.62. The minimum atomic E-state index is -3.61. The number of aryl methyl sites for hydroxylation is 1. The molecule has 0 saturated carbocycles. The Balaban J connectivity index is 2.29. The maximum absolute atomic E-state index is 12.0. The zero-order chi connectivity index (χ0) is 13.0. The Morgan fingerprint density at radius 2 is 2.06 bits per heavy atom. The van der Waals surface area contributed by atoms with Crippen molar-refractivity contribution in [3.05, 3.63) is 30.4 Å². The highest BCUT2D eigenvalue weighted by atomic mass is 32.2. The van der Waals surface area contributed by atoms with E-state index < -0.39 is 10.0 Å². The number of aromatic nitrogens is 3. The van der Waals surface area contributed by atoms with Crippen LogP contribution in [-0.2, 0) is 16.4 Å². The number of rotatable bonds is 5. The highest BCUT2D eigenvalue weighted by molar-refractivity contribution is 7.94. The summed E-state index contributed by atoms with van der Waals surface area (Å²) in [4.78, 5) is 8.16. The van der Waals surface area contributed by atoms with Gasteiger partial charge in [0.2, 0.25) is 0 Å². The van der Waals surface area contributed by atoms with Gasteiger partial charge < -0.3 is 0 Å². The van der Waals surface area contributed by atoms with Crippen LogP contribution in [0.5, 0.6) is 0 Å². The molecule has 0 aromatic carbocycles. The van der Waals surface area contributed by atoms with Gasteiger partial charge in [-0.2, -0.15) is 4.37 Å². The Bertz CT molecular complexity index is 611. The summed E-state index contributed by atoms with van der Waals surface area (Å²) in [7, 11) is -3.61. The molecular formula is C10H12N4O2S2. The molecule has 0 radical (unpaired) electrons. The first-order valence-electron chi connectivity index (χ1n) is 5.37. The topological polar surface area (TPSA) is 84.8 Å². The van der Waals surface area contributed by atoms with E-state index in [-0.39, 0.29) is 10.0 Å². The normalized spacial score (nSPS) is 11.4. The molecule has 0 aliphatic heterocycles. The first-order chi connectivity index (χ1) is 8.63. The van der Waals surface area contributed by atoms with Crippen molar-refractivity contribution in [1.82, 2.24) is 14.3 Å². The molecule has 2 heterocycles. The third-order valence-electron chi connectivity index (χ3n) is 2.17. The van der Waals surface area contributed by atoms with Gasteiger partial charge in [0.05, 0.1) is 5.69 Å². The van der Waals surface area contributed by atoms with Crippen molar-refractivity contribution in [3.8, 4) is 0 Å². The summed E-state index contributed by atoms with van der Waals surface area (Å²) in [6, 6.07) is 1.45. The van der Waals surface area contributed by atoms with E-state index in [1.54, 1.807) is 6.20 Å². The van der Waals surface area contributed by atoms with Crippen LogP contribution in [0.15, 0.2) is 28.9 Å². The smallest absolute Gasteiger partial charge is 0.261 e. The molecule has 2 aromatic heterocycles. The molecule has 2 aromatic rings.